The van der Waals surface area contributed by atoms with E-state index in [4.69, 9.17) is 4.74 Å². The highest BCUT2D eigenvalue weighted by molar-refractivity contribution is 5.94. The highest BCUT2D eigenvalue weighted by atomic mass is 16.5. The second-order valence-corrected chi connectivity index (χ2v) is 7.55. The first-order valence-electron chi connectivity index (χ1n) is 10.1. The summed E-state index contributed by atoms with van der Waals surface area (Å²) in [6.07, 6.45) is 0.807. The van der Waals surface area contributed by atoms with Gasteiger partial charge in [0.25, 0.3) is 5.91 Å². The topological polar surface area (TPSA) is 75.7 Å². The summed E-state index contributed by atoms with van der Waals surface area (Å²) in [5.74, 6) is -1.53. The summed E-state index contributed by atoms with van der Waals surface area (Å²) in [4.78, 5) is 38.4. The lowest BCUT2D eigenvalue weighted by atomic mass is 9.86. The molecule has 0 bridgehead atoms. The molecule has 0 saturated carbocycles. The van der Waals surface area contributed by atoms with Crippen LogP contribution in [0.1, 0.15) is 37.3 Å². The van der Waals surface area contributed by atoms with Crippen LogP contribution in [0.5, 0.6) is 0 Å². The van der Waals surface area contributed by atoms with Crippen LogP contribution < -0.4 is 5.32 Å². The minimum Gasteiger partial charge on any atom is -0.455 e. The van der Waals surface area contributed by atoms with E-state index in [0.717, 1.165) is 17.5 Å². The molecule has 0 saturated heterocycles. The first-order chi connectivity index (χ1) is 14.3. The number of hydrogen-bond acceptors (Lipinski definition) is 4. The Hall–Kier alpha value is -3.15. The molecular formula is C24H30N2O4. The van der Waals surface area contributed by atoms with Gasteiger partial charge in [-0.3, -0.25) is 14.4 Å². The van der Waals surface area contributed by atoms with Crippen LogP contribution in [0.15, 0.2) is 54.6 Å². The second-order valence-electron chi connectivity index (χ2n) is 7.55. The van der Waals surface area contributed by atoms with Crippen molar-refractivity contribution in [1.82, 2.24) is 4.90 Å². The van der Waals surface area contributed by atoms with Gasteiger partial charge in [0.15, 0.2) is 6.61 Å². The summed E-state index contributed by atoms with van der Waals surface area (Å²) in [7, 11) is 1.51. The zero-order valence-corrected chi connectivity index (χ0v) is 18.1. The molecule has 2 atom stereocenters. The number of ether oxygens (including phenoxy) is 1. The number of amides is 2. The SMILES string of the molecule is CCC(C)C(C(=O)OCC(=O)N(C)CC(=O)Nc1ccc(C)cc1)c1ccccc1. The second kappa shape index (κ2) is 11.1. The van der Waals surface area contributed by atoms with Crippen LogP contribution in [0.2, 0.25) is 0 Å². The van der Waals surface area contributed by atoms with E-state index >= 15 is 0 Å². The summed E-state index contributed by atoms with van der Waals surface area (Å²) in [5.41, 5.74) is 2.63. The molecule has 30 heavy (non-hydrogen) atoms. The molecule has 2 unspecified atom stereocenters. The van der Waals surface area contributed by atoms with Crippen LogP contribution in [-0.4, -0.2) is 42.9 Å². The standard InChI is InChI=1S/C24H30N2O4/c1-5-18(3)23(19-9-7-6-8-10-19)24(29)30-16-22(28)26(4)15-21(27)25-20-13-11-17(2)12-14-20/h6-14,18,23H,5,15-16H2,1-4H3,(H,25,27). The van der Waals surface area contributed by atoms with Crippen molar-refractivity contribution in [3.63, 3.8) is 0 Å². The van der Waals surface area contributed by atoms with Crippen molar-refractivity contribution < 1.29 is 19.1 Å². The maximum Gasteiger partial charge on any atom is 0.314 e. The maximum atomic E-state index is 12.7. The van der Waals surface area contributed by atoms with Crippen molar-refractivity contribution in [2.45, 2.75) is 33.1 Å². The Morgan fingerprint density at radius 1 is 1.03 bits per heavy atom. The summed E-state index contributed by atoms with van der Waals surface area (Å²) >= 11 is 0. The first kappa shape index (κ1) is 23.1. The number of anilines is 1. The molecule has 2 aromatic rings. The maximum absolute atomic E-state index is 12.7. The minimum atomic E-state index is -0.432. The van der Waals surface area contributed by atoms with Crippen LogP contribution in [0, 0.1) is 12.8 Å². The van der Waals surface area contributed by atoms with Gasteiger partial charge in [0, 0.05) is 12.7 Å². The molecule has 0 heterocycles. The molecule has 0 aliphatic carbocycles. The average Bonchev–Trinajstić information content (AvgIpc) is 2.74. The van der Waals surface area contributed by atoms with E-state index in [9.17, 15) is 14.4 Å². The Morgan fingerprint density at radius 2 is 1.67 bits per heavy atom. The van der Waals surface area contributed by atoms with Crippen molar-refractivity contribution in [3.8, 4) is 0 Å². The molecule has 2 aromatic carbocycles. The van der Waals surface area contributed by atoms with Crippen molar-refractivity contribution in [1.29, 1.82) is 0 Å². The predicted octanol–water partition coefficient (Wildman–Crippen LogP) is 3.77. The summed E-state index contributed by atoms with van der Waals surface area (Å²) in [6, 6.07) is 16.8. The summed E-state index contributed by atoms with van der Waals surface area (Å²) < 4.78 is 5.32. The molecule has 0 radical (unpaired) electrons. The Labute approximate surface area is 178 Å². The molecule has 160 valence electrons. The van der Waals surface area contributed by atoms with Crippen molar-refractivity contribution >= 4 is 23.5 Å². The highest BCUT2D eigenvalue weighted by Crippen LogP contribution is 2.28. The molecule has 0 aliphatic rings. The van der Waals surface area contributed by atoms with Crippen molar-refractivity contribution in [2.24, 2.45) is 5.92 Å². The fourth-order valence-corrected chi connectivity index (χ4v) is 3.07. The molecule has 2 amide bonds. The monoisotopic (exact) mass is 410 g/mol. The molecule has 0 aliphatic heterocycles. The van der Waals surface area contributed by atoms with E-state index in [2.05, 4.69) is 5.32 Å². The van der Waals surface area contributed by atoms with E-state index in [0.29, 0.717) is 5.69 Å². The molecule has 0 aromatic heterocycles. The number of nitrogens with zero attached hydrogens (tertiary/aromatic N) is 1. The smallest absolute Gasteiger partial charge is 0.314 e. The molecule has 2 rings (SSSR count). The third-order valence-corrected chi connectivity index (χ3v) is 5.11. The number of hydrogen-bond donors (Lipinski definition) is 1. The fourth-order valence-electron chi connectivity index (χ4n) is 3.07. The van der Waals surface area contributed by atoms with Crippen LogP contribution in [-0.2, 0) is 19.1 Å². The van der Waals surface area contributed by atoms with E-state index < -0.39 is 24.4 Å². The minimum absolute atomic E-state index is 0.0769. The number of aryl methyl sites for hydroxylation is 1. The number of likely N-dealkylation sites (N-methyl/N-ethyl adjacent to an activating group) is 1. The average molecular weight is 411 g/mol. The molecule has 0 spiro atoms. The first-order valence-corrected chi connectivity index (χ1v) is 10.1. The molecular weight excluding hydrogens is 380 g/mol. The Kier molecular flexibility index (Phi) is 8.59. The Bertz CT molecular complexity index is 849. The van der Waals surface area contributed by atoms with E-state index in [-0.39, 0.29) is 18.4 Å². The van der Waals surface area contributed by atoms with Crippen molar-refractivity contribution in [2.75, 3.05) is 25.5 Å². The zero-order valence-electron chi connectivity index (χ0n) is 18.1. The van der Waals surface area contributed by atoms with Gasteiger partial charge >= 0.3 is 5.97 Å². The lowest BCUT2D eigenvalue weighted by molar-refractivity contribution is -0.154. The number of carbonyl (C=O) groups excluding carboxylic acids is 3. The van der Waals surface area contributed by atoms with Gasteiger partial charge in [0.2, 0.25) is 5.91 Å². The highest BCUT2D eigenvalue weighted by Gasteiger charge is 2.28. The van der Waals surface area contributed by atoms with Gasteiger partial charge in [-0.1, -0.05) is 68.3 Å². The van der Waals surface area contributed by atoms with Crippen molar-refractivity contribution in [3.05, 3.63) is 65.7 Å². The number of rotatable bonds is 9. The third-order valence-electron chi connectivity index (χ3n) is 5.11. The zero-order chi connectivity index (χ0) is 22.1. The normalized spacial score (nSPS) is 12.5. The van der Waals surface area contributed by atoms with Gasteiger partial charge in [-0.05, 0) is 30.5 Å². The number of benzene rings is 2. The Morgan fingerprint density at radius 3 is 2.27 bits per heavy atom. The van der Waals surface area contributed by atoms with Gasteiger partial charge in [-0.25, -0.2) is 0 Å². The van der Waals surface area contributed by atoms with Gasteiger partial charge in [-0.15, -0.1) is 0 Å². The van der Waals surface area contributed by atoms with Crippen LogP contribution in [0.3, 0.4) is 0 Å². The third kappa shape index (κ3) is 6.72. The van der Waals surface area contributed by atoms with E-state index in [1.165, 1.54) is 11.9 Å². The van der Waals surface area contributed by atoms with Crippen LogP contribution >= 0.6 is 0 Å². The van der Waals surface area contributed by atoms with E-state index in [1.807, 2.05) is 63.2 Å². The van der Waals surface area contributed by atoms with Gasteiger partial charge in [0.05, 0.1) is 12.5 Å². The van der Waals surface area contributed by atoms with Crippen LogP contribution in [0.4, 0.5) is 5.69 Å². The largest absolute Gasteiger partial charge is 0.455 e. The lowest BCUT2D eigenvalue weighted by Crippen LogP contribution is -2.38. The quantitative estimate of drug-likeness (QED) is 0.639. The fraction of sp³-hybridized carbons (Fsp3) is 0.375. The number of carbonyl (C=O) groups is 3. The van der Waals surface area contributed by atoms with Gasteiger partial charge in [0.1, 0.15) is 0 Å². The molecule has 6 nitrogen and oxygen atoms in total. The predicted molar refractivity (Wildman–Crippen MR) is 117 cm³/mol. The Balaban J connectivity index is 1.88. The summed E-state index contributed by atoms with van der Waals surface area (Å²) in [6.45, 7) is 5.44. The van der Waals surface area contributed by atoms with E-state index in [1.54, 1.807) is 12.1 Å². The van der Waals surface area contributed by atoms with Gasteiger partial charge < -0.3 is 15.0 Å². The molecule has 0 fully saturated rings. The number of esters is 1. The molecule has 6 heteroatoms. The lowest BCUT2D eigenvalue weighted by Gasteiger charge is -2.23. The number of nitrogens with one attached hydrogen (secondary N) is 1. The van der Waals surface area contributed by atoms with Gasteiger partial charge in [-0.2, -0.15) is 0 Å². The van der Waals surface area contributed by atoms with Crippen LogP contribution in [0.25, 0.3) is 0 Å². The summed E-state index contributed by atoms with van der Waals surface area (Å²) in [5, 5.41) is 2.74. The molecule has 1 N–H and O–H groups in total.